The zero-order valence-electron chi connectivity index (χ0n) is 11.9. The molecule has 2 N–H and O–H groups in total. The molecule has 1 heterocycles. The molecule has 1 aliphatic rings. The van der Waals surface area contributed by atoms with Crippen molar-refractivity contribution in [2.45, 2.75) is 44.4 Å². The largest absolute Gasteiger partial charge is 0.481 e. The van der Waals surface area contributed by atoms with Crippen molar-refractivity contribution in [1.82, 2.24) is 4.98 Å². The average molecular weight is 285 g/mol. The van der Waals surface area contributed by atoms with Gasteiger partial charge in [0.15, 0.2) is 0 Å². The molecular formula is C17H19NO3. The molecule has 21 heavy (non-hydrogen) atoms. The third-order valence-corrected chi connectivity index (χ3v) is 4.41. The SMILES string of the molecule is O=C(O)Cc1c(C2CCCCC2)c(=O)[nH]c2ccccc12. The van der Waals surface area contributed by atoms with Gasteiger partial charge < -0.3 is 10.1 Å². The van der Waals surface area contributed by atoms with E-state index in [2.05, 4.69) is 4.98 Å². The molecule has 1 aromatic heterocycles. The van der Waals surface area contributed by atoms with E-state index in [1.54, 1.807) is 0 Å². The van der Waals surface area contributed by atoms with Crippen LogP contribution < -0.4 is 5.56 Å². The van der Waals surface area contributed by atoms with E-state index < -0.39 is 5.97 Å². The van der Waals surface area contributed by atoms with Crippen LogP contribution in [0.4, 0.5) is 0 Å². The number of aromatic nitrogens is 1. The lowest BCUT2D eigenvalue weighted by Gasteiger charge is -2.24. The summed E-state index contributed by atoms with van der Waals surface area (Å²) >= 11 is 0. The second-order valence-electron chi connectivity index (χ2n) is 5.80. The number of benzene rings is 1. The number of rotatable bonds is 3. The van der Waals surface area contributed by atoms with Crippen LogP contribution in [0.5, 0.6) is 0 Å². The molecule has 1 aliphatic carbocycles. The highest BCUT2D eigenvalue weighted by Crippen LogP contribution is 2.34. The number of aromatic amines is 1. The lowest BCUT2D eigenvalue weighted by atomic mass is 9.81. The van der Waals surface area contributed by atoms with Crippen molar-refractivity contribution in [3.05, 3.63) is 45.7 Å². The number of hydrogen-bond acceptors (Lipinski definition) is 2. The molecule has 3 rings (SSSR count). The average Bonchev–Trinajstić information content (AvgIpc) is 2.47. The molecule has 1 fully saturated rings. The summed E-state index contributed by atoms with van der Waals surface area (Å²) < 4.78 is 0. The highest BCUT2D eigenvalue weighted by Gasteiger charge is 2.24. The quantitative estimate of drug-likeness (QED) is 0.909. The number of para-hydroxylation sites is 1. The molecule has 0 spiro atoms. The maximum Gasteiger partial charge on any atom is 0.307 e. The van der Waals surface area contributed by atoms with Crippen LogP contribution in [0.1, 0.15) is 49.1 Å². The van der Waals surface area contributed by atoms with Gasteiger partial charge in [-0.2, -0.15) is 0 Å². The van der Waals surface area contributed by atoms with Gasteiger partial charge in [-0.15, -0.1) is 0 Å². The second-order valence-corrected chi connectivity index (χ2v) is 5.80. The molecule has 1 saturated carbocycles. The number of carbonyl (C=O) groups is 1. The number of H-pyrrole nitrogens is 1. The summed E-state index contributed by atoms with van der Waals surface area (Å²) in [6.07, 6.45) is 5.31. The highest BCUT2D eigenvalue weighted by atomic mass is 16.4. The maximum atomic E-state index is 12.5. The fourth-order valence-electron chi connectivity index (χ4n) is 3.49. The standard InChI is InChI=1S/C17H19NO3/c19-15(20)10-13-12-8-4-5-9-14(12)18-17(21)16(13)11-6-2-1-3-7-11/h4-5,8-9,11H,1-3,6-7,10H2,(H,18,21)(H,19,20). The lowest BCUT2D eigenvalue weighted by molar-refractivity contribution is -0.136. The Morgan fingerprint density at radius 3 is 2.62 bits per heavy atom. The fourth-order valence-corrected chi connectivity index (χ4v) is 3.49. The molecule has 4 nitrogen and oxygen atoms in total. The summed E-state index contributed by atoms with van der Waals surface area (Å²) in [7, 11) is 0. The van der Waals surface area contributed by atoms with E-state index in [0.29, 0.717) is 11.1 Å². The smallest absolute Gasteiger partial charge is 0.307 e. The first-order valence-electron chi connectivity index (χ1n) is 7.52. The van der Waals surface area contributed by atoms with E-state index in [0.717, 1.165) is 36.6 Å². The van der Waals surface area contributed by atoms with E-state index in [-0.39, 0.29) is 17.9 Å². The molecule has 1 aromatic carbocycles. The van der Waals surface area contributed by atoms with E-state index in [1.807, 2.05) is 24.3 Å². The topological polar surface area (TPSA) is 70.2 Å². The Hall–Kier alpha value is -2.10. The van der Waals surface area contributed by atoms with Crippen LogP contribution in [-0.2, 0) is 11.2 Å². The third kappa shape index (κ3) is 2.71. The van der Waals surface area contributed by atoms with E-state index in [4.69, 9.17) is 0 Å². The molecule has 2 aromatic rings. The van der Waals surface area contributed by atoms with Gasteiger partial charge in [-0.3, -0.25) is 9.59 Å². The first-order valence-corrected chi connectivity index (χ1v) is 7.52. The number of aliphatic carboxylic acids is 1. The molecule has 0 unspecified atom stereocenters. The first kappa shape index (κ1) is 13.9. The normalized spacial score (nSPS) is 16.2. The number of carboxylic acids is 1. The molecule has 0 radical (unpaired) electrons. The van der Waals surface area contributed by atoms with Crippen molar-refractivity contribution in [3.63, 3.8) is 0 Å². The molecule has 0 bridgehead atoms. The Balaban J connectivity index is 2.22. The summed E-state index contributed by atoms with van der Waals surface area (Å²) in [6.45, 7) is 0. The zero-order chi connectivity index (χ0) is 14.8. The number of hydrogen-bond donors (Lipinski definition) is 2. The summed E-state index contributed by atoms with van der Waals surface area (Å²) in [6, 6.07) is 7.46. The first-order chi connectivity index (χ1) is 10.2. The summed E-state index contributed by atoms with van der Waals surface area (Å²) in [5, 5.41) is 10.1. The van der Waals surface area contributed by atoms with Gasteiger partial charge in [-0.05, 0) is 30.4 Å². The summed E-state index contributed by atoms with van der Waals surface area (Å²) in [5.74, 6) is -0.690. The highest BCUT2D eigenvalue weighted by molar-refractivity contribution is 5.87. The van der Waals surface area contributed by atoms with Crippen molar-refractivity contribution < 1.29 is 9.90 Å². The Morgan fingerprint density at radius 2 is 1.90 bits per heavy atom. The number of carboxylic acid groups (broad SMARTS) is 1. The van der Waals surface area contributed by atoms with Crippen LogP contribution in [0, 0.1) is 0 Å². The number of nitrogens with one attached hydrogen (secondary N) is 1. The third-order valence-electron chi connectivity index (χ3n) is 4.41. The lowest BCUT2D eigenvalue weighted by Crippen LogP contribution is -2.22. The van der Waals surface area contributed by atoms with Crippen LogP contribution in [0.3, 0.4) is 0 Å². The minimum absolute atomic E-state index is 0.0870. The fraction of sp³-hybridized carbons (Fsp3) is 0.412. The minimum atomic E-state index is -0.886. The van der Waals surface area contributed by atoms with Gasteiger partial charge in [0.05, 0.1) is 6.42 Å². The molecule has 4 heteroatoms. The molecule has 110 valence electrons. The zero-order valence-corrected chi connectivity index (χ0v) is 11.9. The van der Waals surface area contributed by atoms with Crippen molar-refractivity contribution in [2.24, 2.45) is 0 Å². The van der Waals surface area contributed by atoms with Crippen LogP contribution in [-0.4, -0.2) is 16.1 Å². The predicted molar refractivity (Wildman–Crippen MR) is 81.7 cm³/mol. The van der Waals surface area contributed by atoms with Gasteiger partial charge in [0, 0.05) is 16.5 Å². The number of pyridine rings is 1. The van der Waals surface area contributed by atoms with Crippen LogP contribution in [0.25, 0.3) is 10.9 Å². The predicted octanol–water partition coefficient (Wildman–Crippen LogP) is 3.20. The summed E-state index contributed by atoms with van der Waals surface area (Å²) in [4.78, 5) is 26.7. The molecule has 0 amide bonds. The monoisotopic (exact) mass is 285 g/mol. The van der Waals surface area contributed by atoms with Gasteiger partial charge in [0.1, 0.15) is 0 Å². The van der Waals surface area contributed by atoms with Gasteiger partial charge in [0.25, 0.3) is 5.56 Å². The Morgan fingerprint density at radius 1 is 1.19 bits per heavy atom. The van der Waals surface area contributed by atoms with E-state index in [1.165, 1.54) is 6.42 Å². The van der Waals surface area contributed by atoms with Crippen molar-refractivity contribution in [1.29, 1.82) is 0 Å². The second kappa shape index (κ2) is 5.72. The Kier molecular flexibility index (Phi) is 3.78. The molecule has 0 aliphatic heterocycles. The Labute approximate surface area is 122 Å². The summed E-state index contributed by atoms with van der Waals surface area (Å²) in [5.41, 5.74) is 2.01. The van der Waals surface area contributed by atoms with Crippen molar-refractivity contribution >= 4 is 16.9 Å². The van der Waals surface area contributed by atoms with Crippen LogP contribution in [0.15, 0.2) is 29.1 Å². The van der Waals surface area contributed by atoms with Gasteiger partial charge >= 0.3 is 5.97 Å². The molecule has 0 saturated heterocycles. The van der Waals surface area contributed by atoms with Crippen molar-refractivity contribution in [3.8, 4) is 0 Å². The maximum absolute atomic E-state index is 12.5. The van der Waals surface area contributed by atoms with Crippen LogP contribution >= 0.6 is 0 Å². The van der Waals surface area contributed by atoms with Crippen LogP contribution in [0.2, 0.25) is 0 Å². The molecule has 0 atom stereocenters. The van der Waals surface area contributed by atoms with Gasteiger partial charge in [-0.25, -0.2) is 0 Å². The minimum Gasteiger partial charge on any atom is -0.481 e. The Bertz CT molecular complexity index is 726. The van der Waals surface area contributed by atoms with Gasteiger partial charge in [0.2, 0.25) is 0 Å². The number of fused-ring (bicyclic) bond motifs is 1. The molecular weight excluding hydrogens is 266 g/mol. The van der Waals surface area contributed by atoms with E-state index in [9.17, 15) is 14.7 Å². The van der Waals surface area contributed by atoms with E-state index >= 15 is 0 Å². The van der Waals surface area contributed by atoms with Crippen molar-refractivity contribution in [2.75, 3.05) is 0 Å². The van der Waals surface area contributed by atoms with Gasteiger partial charge in [-0.1, -0.05) is 37.5 Å².